The molecule has 1 fully saturated rings. The summed E-state index contributed by atoms with van der Waals surface area (Å²) in [6.45, 7) is 1.60. The van der Waals surface area contributed by atoms with E-state index >= 15 is 0 Å². The first-order valence-electron chi connectivity index (χ1n) is 6.66. The molecule has 2 aliphatic rings. The molecule has 7 heteroatoms. The SMILES string of the molecule is C[C@]1(c2cc(N)ccc2F)N=C(N)O[C@@H]2CC(F)(F)C[C@@H]21. The molecule has 4 nitrogen and oxygen atoms in total. The smallest absolute Gasteiger partial charge is 0.283 e. The highest BCUT2D eigenvalue weighted by Crippen LogP contribution is 2.52. The molecule has 3 rings (SSSR count). The molecule has 1 aromatic carbocycles. The van der Waals surface area contributed by atoms with Crippen molar-refractivity contribution in [2.75, 3.05) is 5.73 Å². The maximum Gasteiger partial charge on any atom is 0.283 e. The van der Waals surface area contributed by atoms with Crippen molar-refractivity contribution in [3.63, 3.8) is 0 Å². The summed E-state index contributed by atoms with van der Waals surface area (Å²) in [6, 6.07) is 3.85. The highest BCUT2D eigenvalue weighted by Gasteiger charge is 2.58. The van der Waals surface area contributed by atoms with Crippen molar-refractivity contribution >= 4 is 11.7 Å². The van der Waals surface area contributed by atoms with Crippen LogP contribution in [0.3, 0.4) is 0 Å². The first-order chi connectivity index (χ1) is 9.71. The molecule has 21 heavy (non-hydrogen) atoms. The van der Waals surface area contributed by atoms with Gasteiger partial charge in [0.25, 0.3) is 11.9 Å². The molecule has 0 aromatic heterocycles. The fourth-order valence-electron chi connectivity index (χ4n) is 3.34. The second-order valence-corrected chi connectivity index (χ2v) is 5.86. The largest absolute Gasteiger partial charge is 0.461 e. The fraction of sp³-hybridized carbons (Fsp3) is 0.500. The van der Waals surface area contributed by atoms with Crippen molar-refractivity contribution in [3.05, 3.63) is 29.6 Å². The number of amidine groups is 1. The number of aliphatic imine (C=N–C) groups is 1. The van der Waals surface area contributed by atoms with E-state index in [1.807, 2.05) is 0 Å². The van der Waals surface area contributed by atoms with Crippen molar-refractivity contribution in [2.24, 2.45) is 16.6 Å². The number of nitrogen functional groups attached to an aromatic ring is 1. The Morgan fingerprint density at radius 2 is 2.00 bits per heavy atom. The summed E-state index contributed by atoms with van der Waals surface area (Å²) in [4.78, 5) is 4.14. The molecule has 1 aliphatic heterocycles. The Labute approximate surface area is 120 Å². The summed E-state index contributed by atoms with van der Waals surface area (Å²) in [5.41, 5.74) is 10.6. The molecule has 1 aromatic rings. The predicted molar refractivity (Wildman–Crippen MR) is 72.3 cm³/mol. The van der Waals surface area contributed by atoms with E-state index in [-0.39, 0.29) is 11.6 Å². The van der Waals surface area contributed by atoms with Crippen LogP contribution in [-0.2, 0) is 10.3 Å². The van der Waals surface area contributed by atoms with Gasteiger partial charge in [0, 0.05) is 30.0 Å². The number of ether oxygens (including phenoxy) is 1. The van der Waals surface area contributed by atoms with Gasteiger partial charge in [0.15, 0.2) is 0 Å². The monoisotopic (exact) mass is 299 g/mol. The zero-order chi connectivity index (χ0) is 15.4. The molecule has 3 atom stereocenters. The molecule has 1 saturated carbocycles. The highest BCUT2D eigenvalue weighted by atomic mass is 19.3. The van der Waals surface area contributed by atoms with Gasteiger partial charge in [0.1, 0.15) is 11.9 Å². The third kappa shape index (κ3) is 2.20. The number of hydrogen-bond acceptors (Lipinski definition) is 4. The van der Waals surface area contributed by atoms with E-state index in [2.05, 4.69) is 4.99 Å². The molecule has 0 unspecified atom stereocenters. The first-order valence-corrected chi connectivity index (χ1v) is 6.66. The normalized spacial score (nSPS) is 34.0. The van der Waals surface area contributed by atoms with Crippen molar-refractivity contribution in [3.8, 4) is 0 Å². The van der Waals surface area contributed by atoms with Gasteiger partial charge >= 0.3 is 0 Å². The molecule has 0 amide bonds. The van der Waals surface area contributed by atoms with Crippen LogP contribution in [0.1, 0.15) is 25.3 Å². The molecular weight excluding hydrogens is 283 g/mol. The second-order valence-electron chi connectivity index (χ2n) is 5.86. The Balaban J connectivity index is 2.13. The summed E-state index contributed by atoms with van der Waals surface area (Å²) < 4.78 is 46.9. The number of halogens is 3. The lowest BCUT2D eigenvalue weighted by atomic mass is 9.77. The Bertz CT molecular complexity index is 619. The molecule has 0 saturated heterocycles. The van der Waals surface area contributed by atoms with Crippen LogP contribution in [0, 0.1) is 11.7 Å². The third-order valence-electron chi connectivity index (χ3n) is 4.34. The summed E-state index contributed by atoms with van der Waals surface area (Å²) in [5.74, 6) is -4.07. The van der Waals surface area contributed by atoms with Crippen LogP contribution in [-0.4, -0.2) is 18.0 Å². The van der Waals surface area contributed by atoms with E-state index in [0.29, 0.717) is 5.69 Å². The van der Waals surface area contributed by atoms with Gasteiger partial charge in [-0.25, -0.2) is 18.2 Å². The van der Waals surface area contributed by atoms with E-state index in [1.54, 1.807) is 6.92 Å². The van der Waals surface area contributed by atoms with Gasteiger partial charge in [-0.15, -0.1) is 0 Å². The summed E-state index contributed by atoms with van der Waals surface area (Å²) >= 11 is 0. The predicted octanol–water partition coefficient (Wildman–Crippen LogP) is 2.38. The number of anilines is 1. The molecule has 1 aliphatic carbocycles. The van der Waals surface area contributed by atoms with Crippen molar-refractivity contribution in [1.82, 2.24) is 0 Å². The van der Waals surface area contributed by atoms with Gasteiger partial charge in [0.2, 0.25) is 0 Å². The van der Waals surface area contributed by atoms with E-state index in [1.165, 1.54) is 18.2 Å². The average molecular weight is 299 g/mol. The van der Waals surface area contributed by atoms with Crippen LogP contribution in [0.4, 0.5) is 18.9 Å². The Morgan fingerprint density at radius 3 is 2.71 bits per heavy atom. The Hall–Kier alpha value is -1.92. The van der Waals surface area contributed by atoms with Gasteiger partial charge in [-0.2, -0.15) is 0 Å². The zero-order valence-electron chi connectivity index (χ0n) is 11.4. The first kappa shape index (κ1) is 14.0. The lowest BCUT2D eigenvalue weighted by Gasteiger charge is -2.39. The van der Waals surface area contributed by atoms with Crippen molar-refractivity contribution < 1.29 is 17.9 Å². The van der Waals surface area contributed by atoms with E-state index in [9.17, 15) is 13.2 Å². The number of alkyl halides is 2. The van der Waals surface area contributed by atoms with Crippen LogP contribution < -0.4 is 11.5 Å². The molecule has 0 radical (unpaired) electrons. The minimum Gasteiger partial charge on any atom is -0.461 e. The molecule has 0 spiro atoms. The van der Waals surface area contributed by atoms with Crippen molar-refractivity contribution in [1.29, 1.82) is 0 Å². The Morgan fingerprint density at radius 1 is 1.29 bits per heavy atom. The number of fused-ring (bicyclic) bond motifs is 1. The maximum absolute atomic E-state index is 14.2. The molecule has 4 N–H and O–H groups in total. The lowest BCUT2D eigenvalue weighted by molar-refractivity contribution is -0.00277. The number of nitrogens with zero attached hydrogens (tertiary/aromatic N) is 1. The number of hydrogen-bond donors (Lipinski definition) is 2. The van der Waals surface area contributed by atoms with Crippen LogP contribution in [0.5, 0.6) is 0 Å². The minimum absolute atomic E-state index is 0.168. The molecule has 114 valence electrons. The summed E-state index contributed by atoms with van der Waals surface area (Å²) in [6.07, 6.45) is -1.63. The summed E-state index contributed by atoms with van der Waals surface area (Å²) in [7, 11) is 0. The van der Waals surface area contributed by atoms with E-state index in [4.69, 9.17) is 16.2 Å². The minimum atomic E-state index is -2.87. The maximum atomic E-state index is 14.2. The lowest BCUT2D eigenvalue weighted by Crippen LogP contribution is -2.45. The van der Waals surface area contributed by atoms with Crippen LogP contribution in [0.15, 0.2) is 23.2 Å². The fourth-order valence-corrected chi connectivity index (χ4v) is 3.34. The summed E-state index contributed by atoms with van der Waals surface area (Å²) in [5, 5.41) is 0. The standard InChI is InChI=1S/C14H16F3N3O/c1-13(8-4-7(18)2-3-10(8)15)9-5-14(16,17)6-11(9)21-12(19)20-13/h2-4,9,11H,5-6,18H2,1H3,(H2,19,20)/t9-,11+,13+/m0/s1. The highest BCUT2D eigenvalue weighted by molar-refractivity contribution is 5.73. The van der Waals surface area contributed by atoms with Crippen LogP contribution >= 0.6 is 0 Å². The van der Waals surface area contributed by atoms with Crippen LogP contribution in [0.2, 0.25) is 0 Å². The average Bonchev–Trinajstić information content (AvgIpc) is 2.67. The number of benzene rings is 1. The van der Waals surface area contributed by atoms with Gasteiger partial charge in [-0.1, -0.05) is 0 Å². The third-order valence-corrected chi connectivity index (χ3v) is 4.34. The van der Waals surface area contributed by atoms with Gasteiger partial charge in [0.05, 0.1) is 5.54 Å². The van der Waals surface area contributed by atoms with Gasteiger partial charge in [-0.05, 0) is 25.1 Å². The van der Waals surface area contributed by atoms with E-state index < -0.39 is 42.1 Å². The zero-order valence-corrected chi connectivity index (χ0v) is 11.4. The van der Waals surface area contributed by atoms with E-state index in [0.717, 1.165) is 0 Å². The van der Waals surface area contributed by atoms with Gasteiger partial charge in [-0.3, -0.25) is 0 Å². The molecule has 1 heterocycles. The van der Waals surface area contributed by atoms with Crippen LogP contribution in [0.25, 0.3) is 0 Å². The van der Waals surface area contributed by atoms with Gasteiger partial charge < -0.3 is 16.2 Å². The quantitative estimate of drug-likeness (QED) is 0.782. The van der Waals surface area contributed by atoms with Crippen molar-refractivity contribution in [2.45, 2.75) is 37.3 Å². The Kier molecular flexibility index (Phi) is 2.86. The number of rotatable bonds is 1. The molecular formula is C14H16F3N3O. The second kappa shape index (κ2) is 4.29. The molecule has 0 bridgehead atoms. The number of nitrogens with two attached hydrogens (primary N) is 2. The topological polar surface area (TPSA) is 73.6 Å².